The summed E-state index contributed by atoms with van der Waals surface area (Å²) in [5.41, 5.74) is 0. The Morgan fingerprint density at radius 2 is 1.45 bits per heavy atom. The van der Waals surface area contributed by atoms with E-state index in [0.29, 0.717) is 0 Å². The monoisotopic (exact) mass is 175 g/mol. The third-order valence-corrected chi connectivity index (χ3v) is 4.47. The van der Waals surface area contributed by atoms with Gasteiger partial charge in [-0.15, -0.1) is 0 Å². The molecule has 0 amide bonds. The third kappa shape index (κ3) is 1.90. The van der Waals surface area contributed by atoms with Crippen molar-refractivity contribution in [3.63, 3.8) is 0 Å². The second-order valence-electron chi connectivity index (χ2n) is 2.89. The van der Waals surface area contributed by atoms with E-state index in [2.05, 4.69) is 36.5 Å². The van der Waals surface area contributed by atoms with Gasteiger partial charge < -0.3 is 0 Å². The Balaban J connectivity index is 1.91. The fourth-order valence-electron chi connectivity index (χ4n) is 1.38. The first-order chi connectivity index (χ1) is 5.45. The fourth-order valence-corrected chi connectivity index (χ4v) is 3.56. The Hall–Kier alpha value is -0.170. The van der Waals surface area contributed by atoms with Gasteiger partial charge in [0.1, 0.15) is 0 Å². The molecule has 0 saturated heterocycles. The van der Waals surface area contributed by atoms with Crippen LogP contribution < -0.4 is 0 Å². The predicted octanol–water partition coefficient (Wildman–Crippen LogP) is 2.76. The van der Waals surface area contributed by atoms with E-state index in [1.54, 1.807) is 6.66 Å². The Morgan fingerprint density at radius 3 is 1.82 bits per heavy atom. The van der Waals surface area contributed by atoms with E-state index < -0.39 is 0 Å². The van der Waals surface area contributed by atoms with E-state index in [0.717, 1.165) is 0 Å². The molecule has 1 heteroatoms. The molecule has 0 aliphatic heterocycles. The topological polar surface area (TPSA) is 0 Å². The van der Waals surface area contributed by atoms with Crippen LogP contribution in [0.3, 0.4) is 0 Å². The van der Waals surface area contributed by atoms with Crippen molar-refractivity contribution in [2.75, 3.05) is 0 Å². The van der Waals surface area contributed by atoms with E-state index in [1.807, 2.05) is 0 Å². The van der Waals surface area contributed by atoms with Crippen LogP contribution in [0.15, 0.2) is 43.1 Å². The molecule has 0 fully saturated rings. The van der Waals surface area contributed by atoms with Gasteiger partial charge in [0.25, 0.3) is 0 Å². The molecule has 0 heterocycles. The predicted molar refractivity (Wildman–Crippen MR) is 43.7 cm³/mol. The summed E-state index contributed by atoms with van der Waals surface area (Å²) in [7, 11) is 0. The van der Waals surface area contributed by atoms with Gasteiger partial charge in [-0.05, 0) is 0 Å². The maximum atomic E-state index is 2.30. The summed E-state index contributed by atoms with van der Waals surface area (Å²) < 4.78 is 3.42. The summed E-state index contributed by atoms with van der Waals surface area (Å²) in [6, 6.07) is 0. The quantitative estimate of drug-likeness (QED) is 0.605. The van der Waals surface area contributed by atoms with E-state index >= 15 is 0 Å². The van der Waals surface area contributed by atoms with Gasteiger partial charge >= 0.3 is 78.9 Å². The van der Waals surface area contributed by atoms with Crippen molar-refractivity contribution >= 4 is 0 Å². The van der Waals surface area contributed by atoms with Crippen molar-refractivity contribution in [1.82, 2.24) is 0 Å². The zero-order valence-corrected chi connectivity index (χ0v) is 8.26. The van der Waals surface area contributed by atoms with Gasteiger partial charge in [-0.1, -0.05) is 0 Å². The molecule has 0 atom stereocenters. The van der Waals surface area contributed by atoms with Gasteiger partial charge in [0.05, 0.1) is 0 Å². The zero-order chi connectivity index (χ0) is 7.52. The van der Waals surface area contributed by atoms with Crippen molar-refractivity contribution in [3.8, 4) is 0 Å². The summed E-state index contributed by atoms with van der Waals surface area (Å²) in [6.45, 7) is 0. The minimum atomic E-state index is -0.191. The maximum absolute atomic E-state index is 2.30. The molecule has 2 aliphatic rings. The Morgan fingerprint density at radius 1 is 0.909 bits per heavy atom. The van der Waals surface area contributed by atoms with Crippen molar-refractivity contribution in [1.29, 1.82) is 0 Å². The summed E-state index contributed by atoms with van der Waals surface area (Å²) >= 11 is -0.191. The van der Waals surface area contributed by atoms with Gasteiger partial charge in [-0.2, -0.15) is 0 Å². The molecule has 0 spiro atoms. The van der Waals surface area contributed by atoms with Crippen LogP contribution in [0.25, 0.3) is 0 Å². The molecule has 2 aliphatic carbocycles. The van der Waals surface area contributed by atoms with Gasteiger partial charge in [0, 0.05) is 0 Å². The van der Waals surface area contributed by atoms with Crippen LogP contribution in [-0.2, 0) is 22.9 Å². The first-order valence-electron chi connectivity index (χ1n) is 4.01. The van der Waals surface area contributed by atoms with Crippen LogP contribution in [0.2, 0.25) is 0 Å². The van der Waals surface area contributed by atoms with E-state index in [4.69, 9.17) is 0 Å². The molecule has 0 aromatic carbocycles. The minimum absolute atomic E-state index is 0.191. The Kier molecular flexibility index (Phi) is 2.37. The van der Waals surface area contributed by atoms with E-state index in [9.17, 15) is 0 Å². The molecule has 0 aromatic rings. The standard InChI is InChI=1S/2C5H5.Sc/c2*1-2-4-5-3-1;/h2*1-3H,4H2;. The molecular weight excluding hydrogens is 165 g/mol. The van der Waals surface area contributed by atoms with Crippen LogP contribution >= 0.6 is 0 Å². The SMILES string of the molecule is C1=CC[C]([Sc][C]2=CC=CC2)=C1. The normalized spacial score (nSPS) is 20.0. The molecule has 0 unspecified atom stereocenters. The average Bonchev–Trinajstić information content (AvgIpc) is 2.60. The first kappa shape index (κ1) is 7.48. The van der Waals surface area contributed by atoms with Crippen molar-refractivity contribution in [2.24, 2.45) is 0 Å². The Labute approximate surface area is 78.7 Å². The summed E-state index contributed by atoms with van der Waals surface area (Å²) in [6.07, 6.45) is 16.0. The van der Waals surface area contributed by atoms with Crippen molar-refractivity contribution < 1.29 is 22.9 Å². The molecule has 0 N–H and O–H groups in total. The van der Waals surface area contributed by atoms with Crippen molar-refractivity contribution in [2.45, 2.75) is 12.8 Å². The number of hydrogen-bond donors (Lipinski definition) is 0. The molecule has 0 bridgehead atoms. The van der Waals surface area contributed by atoms with Crippen LogP contribution in [0.4, 0.5) is 0 Å². The number of rotatable bonds is 2. The van der Waals surface area contributed by atoms with Crippen LogP contribution in [-0.4, -0.2) is 0 Å². The average molecular weight is 175 g/mol. The molecule has 53 valence electrons. The fraction of sp³-hybridized carbons (Fsp3) is 0.200. The number of allylic oxidation sites excluding steroid dienone is 8. The van der Waals surface area contributed by atoms with Gasteiger partial charge in [0.2, 0.25) is 0 Å². The molecule has 2 rings (SSSR count). The second-order valence-corrected chi connectivity index (χ2v) is 5.66. The summed E-state index contributed by atoms with van der Waals surface area (Å²) in [5.74, 6) is 0. The molecular formula is C10H10Sc. The van der Waals surface area contributed by atoms with Gasteiger partial charge in [-0.25, -0.2) is 0 Å². The van der Waals surface area contributed by atoms with Crippen molar-refractivity contribution in [3.05, 3.63) is 43.1 Å². The van der Waals surface area contributed by atoms with Gasteiger partial charge in [0.15, 0.2) is 0 Å². The molecule has 11 heavy (non-hydrogen) atoms. The summed E-state index contributed by atoms with van der Waals surface area (Å²) in [4.78, 5) is 0. The van der Waals surface area contributed by atoms with Crippen LogP contribution in [0, 0.1) is 0 Å². The zero-order valence-electron chi connectivity index (χ0n) is 6.46. The molecule has 0 saturated carbocycles. The summed E-state index contributed by atoms with van der Waals surface area (Å²) in [5, 5.41) is 0. The van der Waals surface area contributed by atoms with Crippen LogP contribution in [0.1, 0.15) is 12.8 Å². The van der Waals surface area contributed by atoms with Gasteiger partial charge in [-0.3, -0.25) is 0 Å². The molecule has 0 aromatic heterocycles. The third-order valence-electron chi connectivity index (χ3n) is 1.97. The van der Waals surface area contributed by atoms with E-state index in [1.165, 1.54) is 12.8 Å². The van der Waals surface area contributed by atoms with Crippen LogP contribution in [0.5, 0.6) is 0 Å². The molecule has 0 radical (unpaired) electrons. The second kappa shape index (κ2) is 3.49. The number of hydrogen-bond acceptors (Lipinski definition) is 0. The molecule has 0 nitrogen and oxygen atoms in total. The Bertz CT molecular complexity index is 239. The first-order valence-corrected chi connectivity index (χ1v) is 5.81. The van der Waals surface area contributed by atoms with E-state index in [-0.39, 0.29) is 22.9 Å².